The SMILES string of the molecule is Cn1ncc2c(Nc3ccc(F)c(NC(=O)C4CC4)c3)ncnc21. The molecule has 1 amide bonds. The number of nitrogens with one attached hydrogen (secondary N) is 2. The summed E-state index contributed by atoms with van der Waals surface area (Å²) in [6, 6.07) is 4.46. The van der Waals surface area contributed by atoms with Crippen LogP contribution in [0.4, 0.5) is 21.6 Å². The van der Waals surface area contributed by atoms with Crippen molar-refractivity contribution in [3.63, 3.8) is 0 Å². The number of hydrogen-bond donors (Lipinski definition) is 2. The molecule has 2 aromatic heterocycles. The minimum absolute atomic E-state index is 0.0119. The van der Waals surface area contributed by atoms with E-state index in [9.17, 15) is 9.18 Å². The van der Waals surface area contributed by atoms with Gasteiger partial charge in [0.1, 0.15) is 18.0 Å². The standard InChI is InChI=1S/C16H15FN6O/c1-23-15-11(7-20-23)14(18-8-19-15)21-10-4-5-12(17)13(6-10)22-16(24)9-2-3-9/h4-9H,2-3H2,1H3,(H,22,24)(H,18,19,21). The lowest BCUT2D eigenvalue weighted by atomic mass is 10.2. The van der Waals surface area contributed by atoms with Crippen molar-refractivity contribution in [2.24, 2.45) is 13.0 Å². The number of rotatable bonds is 4. The molecule has 3 aromatic rings. The number of aromatic nitrogens is 4. The topological polar surface area (TPSA) is 84.7 Å². The second-order valence-electron chi connectivity index (χ2n) is 5.81. The molecule has 7 nitrogen and oxygen atoms in total. The van der Waals surface area contributed by atoms with Crippen LogP contribution in [-0.2, 0) is 11.8 Å². The van der Waals surface area contributed by atoms with Crippen LogP contribution < -0.4 is 10.6 Å². The molecule has 8 heteroatoms. The Hall–Kier alpha value is -3.03. The molecule has 2 N–H and O–H groups in total. The number of anilines is 3. The average Bonchev–Trinajstić information content (AvgIpc) is 3.35. The predicted molar refractivity (Wildman–Crippen MR) is 87.3 cm³/mol. The molecule has 0 spiro atoms. The molecular formula is C16H15FN6O. The van der Waals surface area contributed by atoms with Crippen molar-refractivity contribution in [3.05, 3.63) is 36.5 Å². The second-order valence-corrected chi connectivity index (χ2v) is 5.81. The van der Waals surface area contributed by atoms with Crippen molar-refractivity contribution in [1.82, 2.24) is 19.7 Å². The lowest BCUT2D eigenvalue weighted by Gasteiger charge is -2.10. The van der Waals surface area contributed by atoms with Crippen LogP contribution in [0.2, 0.25) is 0 Å². The molecule has 0 unspecified atom stereocenters. The van der Waals surface area contributed by atoms with Crippen LogP contribution in [0.1, 0.15) is 12.8 Å². The van der Waals surface area contributed by atoms with Gasteiger partial charge in [0, 0.05) is 18.7 Å². The van der Waals surface area contributed by atoms with E-state index in [1.54, 1.807) is 30.1 Å². The van der Waals surface area contributed by atoms with Crippen LogP contribution in [0.5, 0.6) is 0 Å². The fourth-order valence-electron chi connectivity index (χ4n) is 2.48. The van der Waals surface area contributed by atoms with Crippen molar-refractivity contribution < 1.29 is 9.18 Å². The van der Waals surface area contributed by atoms with Gasteiger partial charge in [0.25, 0.3) is 0 Å². The fourth-order valence-corrected chi connectivity index (χ4v) is 2.48. The molecule has 1 aliphatic carbocycles. The maximum Gasteiger partial charge on any atom is 0.227 e. The van der Waals surface area contributed by atoms with Gasteiger partial charge in [0.2, 0.25) is 5.91 Å². The Morgan fingerprint density at radius 1 is 1.33 bits per heavy atom. The van der Waals surface area contributed by atoms with E-state index in [4.69, 9.17) is 0 Å². The minimum Gasteiger partial charge on any atom is -0.339 e. The van der Waals surface area contributed by atoms with Crippen LogP contribution >= 0.6 is 0 Å². The van der Waals surface area contributed by atoms with Gasteiger partial charge in [-0.25, -0.2) is 14.4 Å². The molecule has 1 aromatic carbocycles. The van der Waals surface area contributed by atoms with E-state index in [1.807, 2.05) is 0 Å². The third kappa shape index (κ3) is 2.66. The first-order valence-corrected chi connectivity index (χ1v) is 7.62. The highest BCUT2D eigenvalue weighted by molar-refractivity contribution is 5.95. The lowest BCUT2D eigenvalue weighted by Crippen LogP contribution is -2.14. The van der Waals surface area contributed by atoms with Gasteiger partial charge in [0.15, 0.2) is 5.65 Å². The molecule has 0 radical (unpaired) electrons. The highest BCUT2D eigenvalue weighted by atomic mass is 19.1. The zero-order chi connectivity index (χ0) is 16.7. The Morgan fingerprint density at radius 2 is 2.17 bits per heavy atom. The number of amides is 1. The molecule has 0 saturated heterocycles. The van der Waals surface area contributed by atoms with Crippen LogP contribution in [0.25, 0.3) is 11.0 Å². The molecule has 2 heterocycles. The smallest absolute Gasteiger partial charge is 0.227 e. The van der Waals surface area contributed by atoms with E-state index in [0.29, 0.717) is 17.2 Å². The minimum atomic E-state index is -0.469. The molecule has 4 rings (SSSR count). The molecule has 1 saturated carbocycles. The highest BCUT2D eigenvalue weighted by Crippen LogP contribution is 2.31. The Bertz CT molecular complexity index is 933. The zero-order valence-corrected chi connectivity index (χ0v) is 13.0. The summed E-state index contributed by atoms with van der Waals surface area (Å²) in [5, 5.41) is 10.7. The van der Waals surface area contributed by atoms with Crippen molar-refractivity contribution in [3.8, 4) is 0 Å². The molecule has 0 atom stereocenters. The number of carbonyl (C=O) groups is 1. The molecule has 1 fully saturated rings. The van der Waals surface area contributed by atoms with Gasteiger partial charge < -0.3 is 10.6 Å². The summed E-state index contributed by atoms with van der Waals surface area (Å²) in [7, 11) is 1.79. The van der Waals surface area contributed by atoms with E-state index >= 15 is 0 Å². The molecule has 1 aliphatic rings. The highest BCUT2D eigenvalue weighted by Gasteiger charge is 2.30. The summed E-state index contributed by atoms with van der Waals surface area (Å²) in [6.07, 6.45) is 4.83. The first-order valence-electron chi connectivity index (χ1n) is 7.62. The Balaban J connectivity index is 1.62. The summed E-state index contributed by atoms with van der Waals surface area (Å²) in [4.78, 5) is 20.2. The monoisotopic (exact) mass is 326 g/mol. The van der Waals surface area contributed by atoms with E-state index in [1.165, 1.54) is 12.4 Å². The molecule has 24 heavy (non-hydrogen) atoms. The number of aryl methyl sites for hydroxylation is 1. The Kier molecular flexibility index (Phi) is 3.37. The third-order valence-corrected chi connectivity index (χ3v) is 3.96. The van der Waals surface area contributed by atoms with Gasteiger partial charge in [-0.2, -0.15) is 5.10 Å². The van der Waals surface area contributed by atoms with Crippen LogP contribution in [-0.4, -0.2) is 25.7 Å². The van der Waals surface area contributed by atoms with E-state index in [2.05, 4.69) is 25.7 Å². The largest absolute Gasteiger partial charge is 0.339 e. The van der Waals surface area contributed by atoms with Crippen molar-refractivity contribution in [2.45, 2.75) is 12.8 Å². The van der Waals surface area contributed by atoms with Crippen molar-refractivity contribution >= 4 is 34.1 Å². The van der Waals surface area contributed by atoms with Crippen LogP contribution in [0.3, 0.4) is 0 Å². The van der Waals surface area contributed by atoms with E-state index in [0.717, 1.165) is 18.2 Å². The van der Waals surface area contributed by atoms with E-state index in [-0.39, 0.29) is 17.5 Å². The Labute approximate surface area is 136 Å². The summed E-state index contributed by atoms with van der Waals surface area (Å²) in [5.74, 6) is -0.0245. The summed E-state index contributed by atoms with van der Waals surface area (Å²) in [6.45, 7) is 0. The number of halogens is 1. The molecular weight excluding hydrogens is 311 g/mol. The number of benzene rings is 1. The first kappa shape index (κ1) is 14.6. The number of nitrogens with zero attached hydrogens (tertiary/aromatic N) is 4. The number of fused-ring (bicyclic) bond motifs is 1. The summed E-state index contributed by atoms with van der Waals surface area (Å²) < 4.78 is 15.6. The summed E-state index contributed by atoms with van der Waals surface area (Å²) in [5.41, 5.74) is 1.47. The fraction of sp³-hybridized carbons (Fsp3) is 0.250. The van der Waals surface area contributed by atoms with Crippen molar-refractivity contribution in [1.29, 1.82) is 0 Å². The lowest BCUT2D eigenvalue weighted by molar-refractivity contribution is -0.117. The second kappa shape index (κ2) is 5.55. The molecule has 0 bridgehead atoms. The normalized spacial score (nSPS) is 13.9. The van der Waals surface area contributed by atoms with Gasteiger partial charge in [-0.3, -0.25) is 9.48 Å². The average molecular weight is 326 g/mol. The van der Waals surface area contributed by atoms with E-state index < -0.39 is 5.82 Å². The molecule has 122 valence electrons. The quantitative estimate of drug-likeness (QED) is 0.770. The maximum absolute atomic E-state index is 13.9. The van der Waals surface area contributed by atoms with Gasteiger partial charge >= 0.3 is 0 Å². The summed E-state index contributed by atoms with van der Waals surface area (Å²) >= 11 is 0. The first-order chi connectivity index (χ1) is 11.6. The molecule has 0 aliphatic heterocycles. The Morgan fingerprint density at radius 3 is 2.96 bits per heavy atom. The van der Waals surface area contributed by atoms with Crippen LogP contribution in [0.15, 0.2) is 30.7 Å². The number of carbonyl (C=O) groups excluding carboxylic acids is 1. The number of hydrogen-bond acceptors (Lipinski definition) is 5. The van der Waals surface area contributed by atoms with Crippen LogP contribution in [0, 0.1) is 11.7 Å². The van der Waals surface area contributed by atoms with Crippen molar-refractivity contribution in [2.75, 3.05) is 10.6 Å². The van der Waals surface area contributed by atoms with Gasteiger partial charge in [-0.05, 0) is 31.0 Å². The van der Waals surface area contributed by atoms with Gasteiger partial charge in [0.05, 0.1) is 17.3 Å². The van der Waals surface area contributed by atoms with Gasteiger partial charge in [-0.1, -0.05) is 0 Å². The zero-order valence-electron chi connectivity index (χ0n) is 13.0. The third-order valence-electron chi connectivity index (χ3n) is 3.96. The predicted octanol–water partition coefficient (Wildman–Crippen LogP) is 2.59. The van der Waals surface area contributed by atoms with Gasteiger partial charge in [-0.15, -0.1) is 0 Å². The maximum atomic E-state index is 13.9.